The Hall–Kier alpha value is -1.62. The van der Waals surface area contributed by atoms with Crippen LogP contribution < -0.4 is 4.74 Å². The number of hydrogen-bond donors (Lipinski definition) is 0. The molecule has 1 fully saturated rings. The molecule has 2 rings (SSSR count). The second-order valence-electron chi connectivity index (χ2n) is 5.27. The summed E-state index contributed by atoms with van der Waals surface area (Å²) < 4.78 is 11.2. The third-order valence-electron chi connectivity index (χ3n) is 3.51. The van der Waals surface area contributed by atoms with Crippen molar-refractivity contribution in [1.29, 1.82) is 0 Å². The van der Waals surface area contributed by atoms with Crippen molar-refractivity contribution in [1.82, 2.24) is 9.88 Å². The molecule has 0 radical (unpaired) electrons. The van der Waals surface area contributed by atoms with Gasteiger partial charge in [-0.05, 0) is 38.8 Å². The van der Waals surface area contributed by atoms with Gasteiger partial charge >= 0.3 is 0 Å². The third kappa shape index (κ3) is 3.94. The van der Waals surface area contributed by atoms with Crippen LogP contribution in [0.2, 0.25) is 0 Å². The summed E-state index contributed by atoms with van der Waals surface area (Å²) in [6, 6.07) is 3.66. The van der Waals surface area contributed by atoms with Gasteiger partial charge in [-0.25, -0.2) is 4.98 Å². The van der Waals surface area contributed by atoms with Gasteiger partial charge < -0.3 is 14.4 Å². The van der Waals surface area contributed by atoms with Crippen LogP contribution >= 0.6 is 0 Å². The van der Waals surface area contributed by atoms with Gasteiger partial charge in [0.05, 0.1) is 12.7 Å². The maximum atomic E-state index is 12.6. The molecule has 0 saturated carbocycles. The molecule has 1 aromatic rings. The van der Waals surface area contributed by atoms with Crippen LogP contribution in [0.4, 0.5) is 0 Å². The maximum absolute atomic E-state index is 12.6. The molecular weight excluding hydrogens is 268 g/mol. The quantitative estimate of drug-likeness (QED) is 0.808. The van der Waals surface area contributed by atoms with E-state index in [4.69, 9.17) is 9.47 Å². The molecule has 1 atom stereocenters. The van der Waals surface area contributed by atoms with Gasteiger partial charge in [0, 0.05) is 25.4 Å². The summed E-state index contributed by atoms with van der Waals surface area (Å²) in [5.74, 6) is 0.428. The molecule has 1 aromatic heterocycles. The van der Waals surface area contributed by atoms with Crippen LogP contribution in [0.5, 0.6) is 5.88 Å². The summed E-state index contributed by atoms with van der Waals surface area (Å²) in [5, 5.41) is 0. The molecule has 5 heteroatoms. The van der Waals surface area contributed by atoms with E-state index < -0.39 is 0 Å². The van der Waals surface area contributed by atoms with E-state index in [2.05, 4.69) is 4.98 Å². The van der Waals surface area contributed by atoms with Gasteiger partial charge in [0.2, 0.25) is 5.88 Å². The number of aryl methyl sites for hydroxylation is 1. The monoisotopic (exact) mass is 292 g/mol. The van der Waals surface area contributed by atoms with Gasteiger partial charge in [0.15, 0.2) is 0 Å². The normalized spacial score (nSPS) is 18.0. The Morgan fingerprint density at radius 3 is 2.95 bits per heavy atom. The molecule has 5 nitrogen and oxygen atoms in total. The summed E-state index contributed by atoms with van der Waals surface area (Å²) in [7, 11) is 0. The van der Waals surface area contributed by atoms with Crippen LogP contribution in [0, 0.1) is 6.92 Å². The number of pyridine rings is 1. The summed E-state index contributed by atoms with van der Waals surface area (Å²) in [6.45, 7) is 8.53. The zero-order chi connectivity index (χ0) is 15.2. The maximum Gasteiger partial charge on any atom is 0.259 e. The lowest BCUT2D eigenvalue weighted by Gasteiger charge is -2.18. The lowest BCUT2D eigenvalue weighted by Crippen LogP contribution is -2.30. The number of amides is 1. The largest absolute Gasteiger partial charge is 0.477 e. The van der Waals surface area contributed by atoms with E-state index in [1.54, 1.807) is 0 Å². The molecule has 2 heterocycles. The third-order valence-corrected chi connectivity index (χ3v) is 3.51. The second-order valence-corrected chi connectivity index (χ2v) is 5.27. The predicted octanol–water partition coefficient (Wildman–Crippen LogP) is 2.43. The lowest BCUT2D eigenvalue weighted by molar-refractivity contribution is 0.0595. The van der Waals surface area contributed by atoms with Gasteiger partial charge in [0.25, 0.3) is 5.91 Å². The van der Waals surface area contributed by atoms with Crippen molar-refractivity contribution in [3.05, 3.63) is 23.4 Å². The van der Waals surface area contributed by atoms with E-state index in [0.717, 1.165) is 25.1 Å². The van der Waals surface area contributed by atoms with E-state index in [-0.39, 0.29) is 12.0 Å². The van der Waals surface area contributed by atoms with Crippen molar-refractivity contribution in [2.75, 3.05) is 26.3 Å². The Kier molecular flexibility index (Phi) is 5.56. The van der Waals surface area contributed by atoms with Gasteiger partial charge in [-0.1, -0.05) is 6.92 Å². The molecule has 0 aromatic carbocycles. The highest BCUT2D eigenvalue weighted by molar-refractivity contribution is 5.96. The number of carbonyl (C=O) groups excluding carboxylic acids is 1. The first-order valence-electron chi connectivity index (χ1n) is 7.67. The minimum absolute atomic E-state index is 0.0178. The van der Waals surface area contributed by atoms with E-state index in [9.17, 15) is 4.79 Å². The molecule has 1 aliphatic heterocycles. The highest BCUT2D eigenvalue weighted by Crippen LogP contribution is 2.22. The van der Waals surface area contributed by atoms with Gasteiger partial charge in [-0.3, -0.25) is 4.79 Å². The number of carbonyl (C=O) groups is 1. The molecule has 0 N–H and O–H groups in total. The number of hydrogen-bond acceptors (Lipinski definition) is 4. The van der Waals surface area contributed by atoms with Crippen molar-refractivity contribution in [3.8, 4) is 5.88 Å². The number of rotatable bonds is 6. The summed E-state index contributed by atoms with van der Waals surface area (Å²) in [4.78, 5) is 18.8. The average Bonchev–Trinajstić information content (AvgIpc) is 2.93. The number of ether oxygens (including phenoxy) is 2. The molecule has 1 aliphatic rings. The molecular formula is C16H24N2O3. The first kappa shape index (κ1) is 15.8. The SMILES string of the molecule is CCCOc1nc(C)ccc1C(=O)N1CC[C@H](OCC)C1. The molecule has 21 heavy (non-hydrogen) atoms. The fourth-order valence-electron chi connectivity index (χ4n) is 2.46. The van der Waals surface area contributed by atoms with Crippen LogP contribution in [-0.4, -0.2) is 48.2 Å². The minimum atomic E-state index is -0.0178. The second kappa shape index (κ2) is 7.41. The first-order valence-corrected chi connectivity index (χ1v) is 7.67. The highest BCUT2D eigenvalue weighted by atomic mass is 16.5. The molecule has 0 spiro atoms. The van der Waals surface area contributed by atoms with Crippen LogP contribution in [-0.2, 0) is 4.74 Å². The standard InChI is InChI=1S/C16H24N2O3/c1-4-10-21-15-14(7-6-12(3)17-15)16(19)18-9-8-13(11-18)20-5-2/h6-7,13H,4-5,8-11H2,1-3H3/t13-/m0/s1. The lowest BCUT2D eigenvalue weighted by atomic mass is 10.2. The van der Waals surface area contributed by atoms with Crippen molar-refractivity contribution >= 4 is 5.91 Å². The van der Waals surface area contributed by atoms with Crippen molar-refractivity contribution in [3.63, 3.8) is 0 Å². The number of nitrogens with zero attached hydrogens (tertiary/aromatic N) is 2. The summed E-state index contributed by atoms with van der Waals surface area (Å²) >= 11 is 0. The van der Waals surface area contributed by atoms with E-state index >= 15 is 0 Å². The molecule has 116 valence electrons. The minimum Gasteiger partial charge on any atom is -0.477 e. The Balaban J connectivity index is 2.11. The van der Waals surface area contributed by atoms with Crippen molar-refractivity contribution in [2.45, 2.75) is 39.7 Å². The summed E-state index contributed by atoms with van der Waals surface area (Å²) in [6.07, 6.45) is 1.93. The smallest absolute Gasteiger partial charge is 0.259 e. The Bertz CT molecular complexity index is 490. The van der Waals surface area contributed by atoms with E-state index in [1.165, 1.54) is 0 Å². The number of aromatic nitrogens is 1. The Morgan fingerprint density at radius 1 is 1.43 bits per heavy atom. The average molecular weight is 292 g/mol. The first-order chi connectivity index (χ1) is 10.2. The van der Waals surface area contributed by atoms with Gasteiger partial charge in [-0.2, -0.15) is 0 Å². The molecule has 0 unspecified atom stereocenters. The fraction of sp³-hybridized carbons (Fsp3) is 0.625. The van der Waals surface area contributed by atoms with Crippen LogP contribution in [0.25, 0.3) is 0 Å². The summed E-state index contributed by atoms with van der Waals surface area (Å²) in [5.41, 5.74) is 1.40. The number of likely N-dealkylation sites (tertiary alicyclic amines) is 1. The van der Waals surface area contributed by atoms with Gasteiger partial charge in [-0.15, -0.1) is 0 Å². The Labute approximate surface area is 126 Å². The van der Waals surface area contributed by atoms with E-state index in [0.29, 0.717) is 31.2 Å². The van der Waals surface area contributed by atoms with Crippen LogP contribution in [0.15, 0.2) is 12.1 Å². The van der Waals surface area contributed by atoms with Crippen molar-refractivity contribution < 1.29 is 14.3 Å². The molecule has 1 amide bonds. The fourth-order valence-corrected chi connectivity index (χ4v) is 2.46. The Morgan fingerprint density at radius 2 is 2.24 bits per heavy atom. The molecule has 1 saturated heterocycles. The highest BCUT2D eigenvalue weighted by Gasteiger charge is 2.29. The zero-order valence-electron chi connectivity index (χ0n) is 13.1. The van der Waals surface area contributed by atoms with E-state index in [1.807, 2.05) is 37.8 Å². The topological polar surface area (TPSA) is 51.7 Å². The zero-order valence-corrected chi connectivity index (χ0v) is 13.1. The molecule has 0 bridgehead atoms. The van der Waals surface area contributed by atoms with Crippen LogP contribution in [0.3, 0.4) is 0 Å². The van der Waals surface area contributed by atoms with Crippen molar-refractivity contribution in [2.24, 2.45) is 0 Å². The molecule has 0 aliphatic carbocycles. The van der Waals surface area contributed by atoms with Gasteiger partial charge in [0.1, 0.15) is 5.56 Å². The van der Waals surface area contributed by atoms with Crippen LogP contribution in [0.1, 0.15) is 42.7 Å². The predicted molar refractivity (Wildman–Crippen MR) is 80.7 cm³/mol.